The van der Waals surface area contributed by atoms with Crippen LogP contribution in [0.25, 0.3) is 11.0 Å². The predicted octanol–water partition coefficient (Wildman–Crippen LogP) is 4.62. The maximum absolute atomic E-state index is 12.7. The van der Waals surface area contributed by atoms with Gasteiger partial charge in [-0.25, -0.2) is 0 Å². The molecule has 0 bridgehead atoms. The highest BCUT2D eigenvalue weighted by atomic mass is 35.5. The Kier molecular flexibility index (Phi) is 7.47. The van der Waals surface area contributed by atoms with Crippen LogP contribution >= 0.6 is 23.7 Å². The minimum Gasteiger partial charge on any atom is -0.451 e. The first-order chi connectivity index (χ1) is 13.7. The molecule has 0 saturated carbocycles. The molecule has 1 atom stereocenters. The zero-order valence-electron chi connectivity index (χ0n) is 16.1. The van der Waals surface area contributed by atoms with E-state index in [2.05, 4.69) is 27.7 Å². The molecule has 1 aromatic carbocycles. The Morgan fingerprint density at radius 2 is 1.86 bits per heavy atom. The Morgan fingerprint density at radius 1 is 1.10 bits per heavy atom. The van der Waals surface area contributed by atoms with E-state index in [9.17, 15) is 9.59 Å². The monoisotopic (exact) mass is 432 g/mol. The number of nitrogens with one attached hydrogen (secondary N) is 1. The highest BCUT2D eigenvalue weighted by Gasteiger charge is 2.23. The quantitative estimate of drug-likeness (QED) is 0.638. The number of carbonyl (C=O) groups excluding carboxylic acids is 1. The largest absolute Gasteiger partial charge is 0.451 e. The highest BCUT2D eigenvalue weighted by Crippen LogP contribution is 2.27. The SMILES string of the molecule is Cl.O=C(NCC(c1cccs1)N1CCCCCC1)c1cc(=O)c2ccccc2o1. The zero-order valence-corrected chi connectivity index (χ0v) is 17.8. The van der Waals surface area contributed by atoms with E-state index >= 15 is 0 Å². The van der Waals surface area contributed by atoms with Gasteiger partial charge in [0.25, 0.3) is 5.91 Å². The van der Waals surface area contributed by atoms with Crippen LogP contribution < -0.4 is 10.7 Å². The fraction of sp³-hybridized carbons (Fsp3) is 0.364. The van der Waals surface area contributed by atoms with Crippen molar-refractivity contribution in [1.82, 2.24) is 10.2 Å². The second-order valence-corrected chi connectivity index (χ2v) is 8.14. The lowest BCUT2D eigenvalue weighted by Gasteiger charge is -2.30. The van der Waals surface area contributed by atoms with Crippen LogP contribution in [0.2, 0.25) is 0 Å². The number of amides is 1. The molecular weight excluding hydrogens is 408 g/mol. The Labute approximate surface area is 180 Å². The molecule has 5 nitrogen and oxygen atoms in total. The number of benzene rings is 1. The second-order valence-electron chi connectivity index (χ2n) is 7.16. The van der Waals surface area contributed by atoms with Gasteiger partial charge in [0.2, 0.25) is 0 Å². The van der Waals surface area contributed by atoms with Gasteiger partial charge >= 0.3 is 0 Å². The molecule has 0 spiro atoms. The highest BCUT2D eigenvalue weighted by molar-refractivity contribution is 7.10. The van der Waals surface area contributed by atoms with Gasteiger partial charge in [-0.15, -0.1) is 23.7 Å². The third kappa shape index (κ3) is 5.07. The summed E-state index contributed by atoms with van der Waals surface area (Å²) in [6, 6.07) is 12.6. The number of hydrogen-bond acceptors (Lipinski definition) is 5. The average Bonchev–Trinajstić information content (AvgIpc) is 3.11. The summed E-state index contributed by atoms with van der Waals surface area (Å²) in [6.45, 7) is 2.59. The lowest BCUT2D eigenvalue weighted by molar-refractivity contribution is 0.0907. The number of likely N-dealkylation sites (tertiary alicyclic amines) is 1. The van der Waals surface area contributed by atoms with Crippen LogP contribution in [0.4, 0.5) is 0 Å². The lowest BCUT2D eigenvalue weighted by Crippen LogP contribution is -2.38. The Bertz CT molecular complexity index is 995. The molecule has 2 aromatic heterocycles. The number of rotatable bonds is 5. The summed E-state index contributed by atoms with van der Waals surface area (Å²) >= 11 is 1.72. The molecule has 29 heavy (non-hydrogen) atoms. The maximum atomic E-state index is 12.7. The molecule has 0 radical (unpaired) electrons. The lowest BCUT2D eigenvalue weighted by atomic mass is 10.1. The van der Waals surface area contributed by atoms with Gasteiger partial charge in [0.15, 0.2) is 11.2 Å². The van der Waals surface area contributed by atoms with Gasteiger partial charge in [0.1, 0.15) is 5.58 Å². The average molecular weight is 433 g/mol. The molecule has 1 amide bonds. The number of hydrogen-bond donors (Lipinski definition) is 1. The molecule has 1 aliphatic rings. The predicted molar refractivity (Wildman–Crippen MR) is 119 cm³/mol. The summed E-state index contributed by atoms with van der Waals surface area (Å²) in [4.78, 5) is 28.7. The van der Waals surface area contributed by atoms with E-state index in [0.717, 1.165) is 13.1 Å². The van der Waals surface area contributed by atoms with Gasteiger partial charge in [-0.2, -0.15) is 0 Å². The van der Waals surface area contributed by atoms with Crippen molar-refractivity contribution in [2.45, 2.75) is 31.7 Å². The van der Waals surface area contributed by atoms with E-state index in [1.54, 1.807) is 35.6 Å². The van der Waals surface area contributed by atoms with Crippen LogP contribution in [0.15, 0.2) is 57.1 Å². The number of para-hydroxylation sites is 1. The topological polar surface area (TPSA) is 62.6 Å². The van der Waals surface area contributed by atoms with Crippen LogP contribution in [-0.4, -0.2) is 30.4 Å². The van der Waals surface area contributed by atoms with Crippen molar-refractivity contribution in [2.75, 3.05) is 19.6 Å². The maximum Gasteiger partial charge on any atom is 0.287 e. The standard InChI is InChI=1S/C22H24N2O3S.ClH/c25-18-14-20(27-19-9-4-3-8-16(18)19)22(26)23-15-17(21-10-7-13-28-21)24-11-5-1-2-6-12-24;/h3-4,7-10,13-14,17H,1-2,5-6,11-12,15H2,(H,23,26);1H. The minimum absolute atomic E-state index is 0. The van der Waals surface area contributed by atoms with E-state index in [4.69, 9.17) is 4.42 Å². The molecule has 3 aromatic rings. The van der Waals surface area contributed by atoms with Crippen molar-refractivity contribution in [3.8, 4) is 0 Å². The number of nitrogens with zero attached hydrogens (tertiary/aromatic N) is 1. The number of fused-ring (bicyclic) bond motifs is 1. The molecule has 1 saturated heterocycles. The summed E-state index contributed by atoms with van der Waals surface area (Å²) in [7, 11) is 0. The van der Waals surface area contributed by atoms with Crippen molar-refractivity contribution < 1.29 is 9.21 Å². The van der Waals surface area contributed by atoms with Crippen LogP contribution in [0.3, 0.4) is 0 Å². The van der Waals surface area contributed by atoms with Crippen LogP contribution in [0, 0.1) is 0 Å². The molecule has 1 aliphatic heterocycles. The first-order valence-corrected chi connectivity index (χ1v) is 10.7. The fourth-order valence-corrected chi connectivity index (χ4v) is 4.65. The summed E-state index contributed by atoms with van der Waals surface area (Å²) in [5, 5.41) is 5.55. The van der Waals surface area contributed by atoms with Gasteiger partial charge in [-0.1, -0.05) is 31.0 Å². The summed E-state index contributed by atoms with van der Waals surface area (Å²) in [5.41, 5.74) is 0.233. The molecule has 1 fully saturated rings. The number of carbonyl (C=O) groups is 1. The van der Waals surface area contributed by atoms with Gasteiger partial charge in [-0.05, 0) is 49.5 Å². The third-order valence-corrected chi connectivity index (χ3v) is 6.24. The van der Waals surface area contributed by atoms with Crippen LogP contribution in [0.5, 0.6) is 0 Å². The first-order valence-electron chi connectivity index (χ1n) is 9.81. The number of thiophene rings is 1. The van der Waals surface area contributed by atoms with Gasteiger partial charge in [-0.3, -0.25) is 14.5 Å². The zero-order chi connectivity index (χ0) is 19.3. The Hall–Kier alpha value is -2.15. The van der Waals surface area contributed by atoms with Crippen molar-refractivity contribution in [2.24, 2.45) is 0 Å². The molecular formula is C22H25ClN2O3S. The van der Waals surface area contributed by atoms with Crippen LogP contribution in [-0.2, 0) is 0 Å². The summed E-state index contributed by atoms with van der Waals surface area (Å²) < 4.78 is 5.67. The van der Waals surface area contributed by atoms with E-state index < -0.39 is 0 Å². The van der Waals surface area contributed by atoms with Crippen LogP contribution in [0.1, 0.15) is 47.2 Å². The van der Waals surface area contributed by atoms with E-state index in [0.29, 0.717) is 17.5 Å². The van der Waals surface area contributed by atoms with E-state index in [1.165, 1.54) is 36.6 Å². The molecule has 154 valence electrons. The smallest absolute Gasteiger partial charge is 0.287 e. The van der Waals surface area contributed by atoms with Crippen molar-refractivity contribution in [1.29, 1.82) is 0 Å². The Morgan fingerprint density at radius 3 is 2.59 bits per heavy atom. The minimum atomic E-state index is -0.348. The first kappa shape index (κ1) is 21.6. The molecule has 7 heteroatoms. The number of halogens is 1. The van der Waals surface area contributed by atoms with Crippen molar-refractivity contribution in [3.05, 3.63) is 68.7 Å². The van der Waals surface area contributed by atoms with Crippen molar-refractivity contribution >= 4 is 40.6 Å². The molecule has 3 heterocycles. The van der Waals surface area contributed by atoms with Gasteiger partial charge < -0.3 is 9.73 Å². The molecule has 0 aliphatic carbocycles. The van der Waals surface area contributed by atoms with Gasteiger partial charge in [0, 0.05) is 17.5 Å². The molecule has 4 rings (SSSR count). The Balaban J connectivity index is 0.00000240. The van der Waals surface area contributed by atoms with E-state index in [-0.39, 0.29) is 35.5 Å². The molecule has 1 N–H and O–H groups in total. The fourth-order valence-electron chi connectivity index (χ4n) is 3.79. The normalized spacial score (nSPS) is 16.0. The van der Waals surface area contributed by atoms with Gasteiger partial charge in [0.05, 0.1) is 11.4 Å². The summed E-state index contributed by atoms with van der Waals surface area (Å²) in [5.74, 6) is -0.288. The van der Waals surface area contributed by atoms with Crippen molar-refractivity contribution in [3.63, 3.8) is 0 Å². The third-order valence-electron chi connectivity index (χ3n) is 5.27. The second kappa shape index (κ2) is 10.1. The summed E-state index contributed by atoms with van der Waals surface area (Å²) in [6.07, 6.45) is 4.91. The molecule has 1 unspecified atom stereocenters. The van der Waals surface area contributed by atoms with E-state index in [1.807, 2.05) is 0 Å².